The van der Waals surface area contributed by atoms with Crippen molar-refractivity contribution in [2.45, 2.75) is 19.7 Å². The van der Waals surface area contributed by atoms with E-state index in [-0.39, 0.29) is 6.61 Å². The Morgan fingerprint density at radius 1 is 1.38 bits per heavy atom. The molecule has 4 nitrogen and oxygen atoms in total. The molecular formula is C12H8F5NO3. The molecular weight excluding hydrogens is 301 g/mol. The van der Waals surface area contributed by atoms with Gasteiger partial charge in [-0.15, -0.1) is 13.2 Å². The third-order valence-corrected chi connectivity index (χ3v) is 2.22. The smallest absolute Gasteiger partial charge is 0.462 e. The Kier molecular flexibility index (Phi) is 5.07. The predicted octanol–water partition coefficient (Wildman–Crippen LogP) is 3.57. The minimum Gasteiger partial charge on any atom is -0.462 e. The maximum absolute atomic E-state index is 12.9. The van der Waals surface area contributed by atoms with E-state index in [1.54, 1.807) is 0 Å². The summed E-state index contributed by atoms with van der Waals surface area (Å²) in [4.78, 5) is 11.6. The van der Waals surface area contributed by atoms with Crippen molar-refractivity contribution in [3.05, 3.63) is 28.8 Å². The number of nitriles is 1. The molecule has 0 atom stereocenters. The molecule has 0 heterocycles. The van der Waals surface area contributed by atoms with Gasteiger partial charge in [-0.1, -0.05) is 0 Å². The second-order valence-electron chi connectivity index (χ2n) is 3.61. The Hall–Kier alpha value is -2.37. The number of esters is 1. The number of carbonyl (C=O) groups is 1. The Balaban J connectivity index is 3.45. The van der Waals surface area contributed by atoms with Crippen LogP contribution in [-0.4, -0.2) is 18.9 Å². The number of rotatable bonds is 4. The van der Waals surface area contributed by atoms with Gasteiger partial charge in [0.15, 0.2) is 0 Å². The molecule has 0 aliphatic heterocycles. The van der Waals surface area contributed by atoms with Gasteiger partial charge in [0, 0.05) is 0 Å². The van der Waals surface area contributed by atoms with Crippen LogP contribution < -0.4 is 4.74 Å². The summed E-state index contributed by atoms with van der Waals surface area (Å²) in [5.74, 6) is -2.22. The summed E-state index contributed by atoms with van der Waals surface area (Å²) in [5.41, 5.74) is -2.63. The van der Waals surface area contributed by atoms with E-state index in [0.29, 0.717) is 12.1 Å². The standard InChI is InChI=1S/C12H8F5NO3/c1-2-20-11(19)8-4-7(21-12(15,16)17)3-6(5-18)9(8)10(13)14/h3-4,10H,2H2,1H3. The van der Waals surface area contributed by atoms with Crippen LogP contribution in [0.3, 0.4) is 0 Å². The highest BCUT2D eigenvalue weighted by atomic mass is 19.4. The highest BCUT2D eigenvalue weighted by Gasteiger charge is 2.33. The summed E-state index contributed by atoms with van der Waals surface area (Å²) in [6, 6.07) is 2.26. The SMILES string of the molecule is CCOC(=O)c1cc(OC(F)(F)F)cc(C#N)c1C(F)F. The monoisotopic (exact) mass is 309 g/mol. The molecule has 0 saturated carbocycles. The quantitative estimate of drug-likeness (QED) is 0.630. The van der Waals surface area contributed by atoms with Gasteiger partial charge in [-0.05, 0) is 19.1 Å². The number of hydrogen-bond acceptors (Lipinski definition) is 4. The topological polar surface area (TPSA) is 59.3 Å². The first-order chi connectivity index (χ1) is 9.69. The molecule has 1 rings (SSSR count). The summed E-state index contributed by atoms with van der Waals surface area (Å²) in [6.07, 6.45) is -8.33. The van der Waals surface area contributed by atoms with Crippen molar-refractivity contribution < 1.29 is 36.2 Å². The molecule has 9 heteroatoms. The summed E-state index contributed by atoms with van der Waals surface area (Å²) in [6.45, 7) is 1.22. The van der Waals surface area contributed by atoms with Crippen LogP contribution in [0.25, 0.3) is 0 Å². The molecule has 0 amide bonds. The van der Waals surface area contributed by atoms with Crippen LogP contribution in [0.2, 0.25) is 0 Å². The van der Waals surface area contributed by atoms with Gasteiger partial charge >= 0.3 is 12.3 Å². The Morgan fingerprint density at radius 2 is 2.00 bits per heavy atom. The molecule has 0 unspecified atom stereocenters. The number of nitrogens with zero attached hydrogens (tertiary/aromatic N) is 1. The van der Waals surface area contributed by atoms with Crippen molar-refractivity contribution in [1.82, 2.24) is 0 Å². The molecule has 1 aromatic carbocycles. The van der Waals surface area contributed by atoms with Crippen molar-refractivity contribution >= 4 is 5.97 Å². The van der Waals surface area contributed by atoms with E-state index in [4.69, 9.17) is 5.26 Å². The number of hydrogen-bond donors (Lipinski definition) is 0. The number of ether oxygens (including phenoxy) is 2. The van der Waals surface area contributed by atoms with E-state index in [1.807, 2.05) is 0 Å². The van der Waals surface area contributed by atoms with Gasteiger partial charge < -0.3 is 9.47 Å². The zero-order valence-corrected chi connectivity index (χ0v) is 10.5. The third kappa shape index (κ3) is 4.30. The highest BCUT2D eigenvalue weighted by molar-refractivity contribution is 5.92. The zero-order chi connectivity index (χ0) is 16.2. The maximum Gasteiger partial charge on any atom is 0.573 e. The molecule has 0 fully saturated rings. The Morgan fingerprint density at radius 3 is 2.43 bits per heavy atom. The number of carbonyl (C=O) groups excluding carboxylic acids is 1. The van der Waals surface area contributed by atoms with E-state index >= 15 is 0 Å². The zero-order valence-electron chi connectivity index (χ0n) is 10.5. The molecule has 114 valence electrons. The fourth-order valence-corrected chi connectivity index (χ4v) is 1.52. The van der Waals surface area contributed by atoms with Crippen LogP contribution in [0.4, 0.5) is 22.0 Å². The molecule has 1 aromatic rings. The molecule has 21 heavy (non-hydrogen) atoms. The Bertz CT molecular complexity index is 577. The molecule has 0 saturated heterocycles. The molecule has 0 spiro atoms. The second kappa shape index (κ2) is 6.39. The molecule has 0 N–H and O–H groups in total. The van der Waals surface area contributed by atoms with E-state index in [2.05, 4.69) is 9.47 Å². The minimum absolute atomic E-state index is 0.173. The lowest BCUT2D eigenvalue weighted by Gasteiger charge is -2.14. The molecule has 0 radical (unpaired) electrons. The second-order valence-corrected chi connectivity index (χ2v) is 3.61. The summed E-state index contributed by atoms with van der Waals surface area (Å²) >= 11 is 0. The van der Waals surface area contributed by atoms with Crippen molar-refractivity contribution in [3.63, 3.8) is 0 Å². The fourth-order valence-electron chi connectivity index (χ4n) is 1.52. The first-order valence-corrected chi connectivity index (χ1v) is 5.48. The average Bonchev–Trinajstić information content (AvgIpc) is 2.35. The number of alkyl halides is 5. The summed E-state index contributed by atoms with van der Waals surface area (Å²) in [7, 11) is 0. The molecule has 0 aliphatic carbocycles. The van der Waals surface area contributed by atoms with Crippen molar-refractivity contribution in [2.75, 3.05) is 6.61 Å². The number of halogens is 5. The first-order valence-electron chi connectivity index (χ1n) is 5.48. The lowest BCUT2D eigenvalue weighted by molar-refractivity contribution is -0.274. The van der Waals surface area contributed by atoms with Crippen LogP contribution in [0.5, 0.6) is 5.75 Å². The third-order valence-electron chi connectivity index (χ3n) is 2.22. The lowest BCUT2D eigenvalue weighted by atomic mass is 10.0. The number of benzene rings is 1. The predicted molar refractivity (Wildman–Crippen MR) is 58.8 cm³/mol. The average molecular weight is 309 g/mol. The normalized spacial score (nSPS) is 11.1. The van der Waals surface area contributed by atoms with E-state index < -0.39 is 41.2 Å². The summed E-state index contributed by atoms with van der Waals surface area (Å²) < 4.78 is 70.3. The van der Waals surface area contributed by atoms with Gasteiger partial charge in [-0.2, -0.15) is 5.26 Å². The summed E-state index contributed by atoms with van der Waals surface area (Å²) in [5, 5.41) is 8.75. The fraction of sp³-hybridized carbons (Fsp3) is 0.333. The van der Waals surface area contributed by atoms with Crippen LogP contribution >= 0.6 is 0 Å². The van der Waals surface area contributed by atoms with Gasteiger partial charge in [-0.3, -0.25) is 0 Å². The van der Waals surface area contributed by atoms with Crippen LogP contribution in [-0.2, 0) is 4.74 Å². The van der Waals surface area contributed by atoms with Crippen LogP contribution in [0, 0.1) is 11.3 Å². The first kappa shape index (κ1) is 16.7. The molecule has 0 aliphatic rings. The van der Waals surface area contributed by atoms with Crippen molar-refractivity contribution in [3.8, 4) is 11.8 Å². The van der Waals surface area contributed by atoms with E-state index in [1.165, 1.54) is 13.0 Å². The highest BCUT2D eigenvalue weighted by Crippen LogP contribution is 2.33. The van der Waals surface area contributed by atoms with Crippen molar-refractivity contribution in [1.29, 1.82) is 5.26 Å². The van der Waals surface area contributed by atoms with E-state index in [9.17, 15) is 26.7 Å². The van der Waals surface area contributed by atoms with Crippen molar-refractivity contribution in [2.24, 2.45) is 0 Å². The maximum atomic E-state index is 12.9. The minimum atomic E-state index is -5.09. The van der Waals surface area contributed by atoms with Gasteiger partial charge in [0.2, 0.25) is 0 Å². The van der Waals surface area contributed by atoms with Gasteiger partial charge in [0.25, 0.3) is 6.43 Å². The molecule has 0 aromatic heterocycles. The van der Waals surface area contributed by atoms with E-state index in [0.717, 1.165) is 0 Å². The lowest BCUT2D eigenvalue weighted by Crippen LogP contribution is -2.18. The van der Waals surface area contributed by atoms with Crippen LogP contribution in [0.1, 0.15) is 34.8 Å². The molecule has 0 bridgehead atoms. The largest absolute Gasteiger partial charge is 0.573 e. The van der Waals surface area contributed by atoms with Gasteiger partial charge in [-0.25, -0.2) is 13.6 Å². The van der Waals surface area contributed by atoms with Gasteiger partial charge in [0.1, 0.15) is 5.75 Å². The van der Waals surface area contributed by atoms with Gasteiger partial charge in [0.05, 0.1) is 29.4 Å². The van der Waals surface area contributed by atoms with Crippen LogP contribution in [0.15, 0.2) is 12.1 Å². The Labute approximate surface area is 115 Å².